The van der Waals surface area contributed by atoms with Crippen LogP contribution in [0.15, 0.2) is 47.6 Å². The average Bonchev–Trinajstić information content (AvgIpc) is 3.15. The third kappa shape index (κ3) is 6.18. The number of para-hydroxylation sites is 1. The molecule has 1 heterocycles. The molecule has 2 aromatic carbocycles. The maximum atomic E-state index is 12.4. The van der Waals surface area contributed by atoms with E-state index in [-0.39, 0.29) is 23.7 Å². The van der Waals surface area contributed by atoms with Gasteiger partial charge in [-0.1, -0.05) is 73.9 Å². The fourth-order valence-corrected chi connectivity index (χ4v) is 4.29. The number of ether oxygens (including phenoxy) is 1. The molecule has 32 heavy (non-hydrogen) atoms. The second-order valence-corrected chi connectivity index (χ2v) is 9.90. The predicted molar refractivity (Wildman–Crippen MR) is 131 cm³/mol. The Morgan fingerprint density at radius 2 is 1.75 bits per heavy atom. The zero-order valence-corrected chi connectivity index (χ0v) is 20.8. The molecule has 0 bridgehead atoms. The molecule has 1 amide bonds. The van der Waals surface area contributed by atoms with Crippen LogP contribution in [0.1, 0.15) is 39.1 Å². The number of benzene rings is 2. The van der Waals surface area contributed by atoms with E-state index < -0.39 is 0 Å². The number of hydrogen-bond donors (Lipinski definition) is 1. The molecule has 0 radical (unpaired) electrons. The zero-order valence-electron chi connectivity index (χ0n) is 18.5. The predicted octanol–water partition coefficient (Wildman–Crippen LogP) is 6.21. The quantitative estimate of drug-likeness (QED) is 0.378. The highest BCUT2D eigenvalue weighted by Crippen LogP contribution is 2.30. The average molecular weight is 493 g/mol. The van der Waals surface area contributed by atoms with Crippen molar-refractivity contribution < 1.29 is 9.53 Å². The first kappa shape index (κ1) is 24.4. The molecule has 6 nitrogen and oxygen atoms in total. The van der Waals surface area contributed by atoms with Gasteiger partial charge in [-0.05, 0) is 42.2 Å². The Bertz CT molecular complexity index is 1060. The number of amides is 1. The summed E-state index contributed by atoms with van der Waals surface area (Å²) in [6.07, 6.45) is 0. The van der Waals surface area contributed by atoms with E-state index in [1.165, 1.54) is 17.3 Å². The summed E-state index contributed by atoms with van der Waals surface area (Å²) in [6, 6.07) is 13.2. The number of anilines is 1. The van der Waals surface area contributed by atoms with Crippen molar-refractivity contribution in [3.63, 3.8) is 0 Å². The van der Waals surface area contributed by atoms with E-state index in [4.69, 9.17) is 27.9 Å². The molecule has 3 rings (SSSR count). The van der Waals surface area contributed by atoms with Crippen molar-refractivity contribution in [1.29, 1.82) is 0 Å². The maximum absolute atomic E-state index is 12.4. The van der Waals surface area contributed by atoms with Crippen molar-refractivity contribution in [2.45, 2.75) is 51.4 Å². The second kappa shape index (κ2) is 10.6. The Morgan fingerprint density at radius 1 is 1.09 bits per heavy atom. The van der Waals surface area contributed by atoms with E-state index in [0.29, 0.717) is 33.3 Å². The number of carbonyl (C=O) groups is 1. The minimum atomic E-state index is -0.229. The van der Waals surface area contributed by atoms with Gasteiger partial charge in [-0.15, -0.1) is 10.2 Å². The van der Waals surface area contributed by atoms with Gasteiger partial charge in [0.15, 0.2) is 11.0 Å². The highest BCUT2D eigenvalue weighted by molar-refractivity contribution is 7.99. The third-order valence-electron chi connectivity index (χ3n) is 4.76. The van der Waals surface area contributed by atoms with Gasteiger partial charge in [-0.25, -0.2) is 0 Å². The van der Waals surface area contributed by atoms with Crippen LogP contribution in [0.25, 0.3) is 0 Å². The fraction of sp³-hybridized carbons (Fsp3) is 0.348. The van der Waals surface area contributed by atoms with Crippen LogP contribution in [0.4, 0.5) is 5.69 Å². The van der Waals surface area contributed by atoms with Crippen LogP contribution >= 0.6 is 35.0 Å². The molecule has 0 saturated heterocycles. The standard InChI is InChI=1S/C23H26Cl2N4O2S/c1-5-29-19(13-31-16-11-9-15(10-12-16)23(2,3)4)27-28-22(29)32-14-20(30)26-21-17(24)7-6-8-18(21)25/h6-12H,5,13-14H2,1-4H3,(H,26,30). The van der Waals surface area contributed by atoms with Crippen LogP contribution in [0.2, 0.25) is 10.0 Å². The van der Waals surface area contributed by atoms with Crippen LogP contribution in [0.5, 0.6) is 5.75 Å². The number of nitrogens with one attached hydrogen (secondary N) is 1. The van der Waals surface area contributed by atoms with Crippen molar-refractivity contribution in [3.8, 4) is 5.75 Å². The van der Waals surface area contributed by atoms with E-state index in [2.05, 4.69) is 48.4 Å². The van der Waals surface area contributed by atoms with Gasteiger partial charge in [0.05, 0.1) is 21.5 Å². The second-order valence-electron chi connectivity index (χ2n) is 8.14. The highest BCUT2D eigenvalue weighted by Gasteiger charge is 2.16. The maximum Gasteiger partial charge on any atom is 0.234 e. The lowest BCUT2D eigenvalue weighted by molar-refractivity contribution is -0.113. The first-order chi connectivity index (χ1) is 15.2. The molecule has 0 saturated carbocycles. The lowest BCUT2D eigenvalue weighted by Crippen LogP contribution is -2.15. The molecule has 0 atom stereocenters. The van der Waals surface area contributed by atoms with Gasteiger partial charge in [0, 0.05) is 6.54 Å². The third-order valence-corrected chi connectivity index (χ3v) is 6.35. The minimum absolute atomic E-state index is 0.0938. The van der Waals surface area contributed by atoms with Crippen molar-refractivity contribution in [2.75, 3.05) is 11.1 Å². The highest BCUT2D eigenvalue weighted by atomic mass is 35.5. The molecule has 0 unspecified atom stereocenters. The molecule has 0 aliphatic rings. The summed E-state index contributed by atoms with van der Waals surface area (Å²) in [5, 5.41) is 12.6. The van der Waals surface area contributed by atoms with Crippen molar-refractivity contribution in [2.24, 2.45) is 0 Å². The summed E-state index contributed by atoms with van der Waals surface area (Å²) >= 11 is 13.5. The number of rotatable bonds is 8. The molecule has 170 valence electrons. The van der Waals surface area contributed by atoms with E-state index in [9.17, 15) is 4.79 Å². The van der Waals surface area contributed by atoms with Gasteiger partial charge in [0.1, 0.15) is 12.4 Å². The molecule has 1 N–H and O–H groups in total. The topological polar surface area (TPSA) is 69.0 Å². The Hall–Kier alpha value is -2.22. The largest absolute Gasteiger partial charge is 0.486 e. The zero-order chi connectivity index (χ0) is 23.3. The summed E-state index contributed by atoms with van der Waals surface area (Å²) in [5.74, 6) is 1.39. The number of nitrogens with zero attached hydrogens (tertiary/aromatic N) is 3. The van der Waals surface area contributed by atoms with Gasteiger partial charge in [-0.3, -0.25) is 4.79 Å². The SMILES string of the molecule is CCn1c(COc2ccc(C(C)(C)C)cc2)nnc1SCC(=O)Nc1c(Cl)cccc1Cl. The van der Waals surface area contributed by atoms with E-state index >= 15 is 0 Å². The lowest BCUT2D eigenvalue weighted by atomic mass is 9.87. The normalized spacial score (nSPS) is 11.4. The monoisotopic (exact) mass is 492 g/mol. The first-order valence-electron chi connectivity index (χ1n) is 10.2. The summed E-state index contributed by atoms with van der Waals surface area (Å²) in [4.78, 5) is 12.4. The summed E-state index contributed by atoms with van der Waals surface area (Å²) < 4.78 is 7.84. The van der Waals surface area contributed by atoms with Crippen molar-refractivity contribution >= 4 is 46.6 Å². The van der Waals surface area contributed by atoms with Gasteiger partial charge in [-0.2, -0.15) is 0 Å². The Labute approximate surface area is 202 Å². The molecule has 0 aliphatic carbocycles. The molecule has 0 spiro atoms. The molecule has 9 heteroatoms. The van der Waals surface area contributed by atoms with E-state index in [0.717, 1.165) is 5.75 Å². The van der Waals surface area contributed by atoms with E-state index in [1.54, 1.807) is 18.2 Å². The molecule has 1 aromatic heterocycles. The van der Waals surface area contributed by atoms with Gasteiger partial charge >= 0.3 is 0 Å². The number of hydrogen-bond acceptors (Lipinski definition) is 5. The lowest BCUT2D eigenvalue weighted by Gasteiger charge is -2.19. The van der Waals surface area contributed by atoms with Crippen LogP contribution in [0.3, 0.4) is 0 Å². The fourth-order valence-electron chi connectivity index (χ4n) is 2.97. The first-order valence-corrected chi connectivity index (χ1v) is 11.9. The molecule has 0 fully saturated rings. The summed E-state index contributed by atoms with van der Waals surface area (Å²) in [5.41, 5.74) is 1.75. The Balaban J connectivity index is 1.59. The Morgan fingerprint density at radius 3 is 2.34 bits per heavy atom. The number of halogens is 2. The van der Waals surface area contributed by atoms with Crippen LogP contribution in [-0.2, 0) is 23.4 Å². The summed E-state index contributed by atoms with van der Waals surface area (Å²) in [7, 11) is 0. The van der Waals surface area contributed by atoms with Gasteiger partial charge < -0.3 is 14.6 Å². The number of thioether (sulfide) groups is 1. The summed E-state index contributed by atoms with van der Waals surface area (Å²) in [6.45, 7) is 9.48. The van der Waals surface area contributed by atoms with Crippen LogP contribution < -0.4 is 10.1 Å². The van der Waals surface area contributed by atoms with Crippen molar-refractivity contribution in [3.05, 3.63) is 63.9 Å². The molecular formula is C23H26Cl2N4O2S. The van der Waals surface area contributed by atoms with Crippen LogP contribution in [-0.4, -0.2) is 26.4 Å². The molecular weight excluding hydrogens is 467 g/mol. The minimum Gasteiger partial charge on any atom is -0.486 e. The molecule has 3 aromatic rings. The van der Waals surface area contributed by atoms with Crippen LogP contribution in [0, 0.1) is 0 Å². The molecule has 0 aliphatic heterocycles. The van der Waals surface area contributed by atoms with Crippen molar-refractivity contribution in [1.82, 2.24) is 14.8 Å². The van der Waals surface area contributed by atoms with E-state index in [1.807, 2.05) is 23.6 Å². The number of carbonyl (C=O) groups excluding carboxylic acids is 1. The smallest absolute Gasteiger partial charge is 0.234 e. The van der Waals surface area contributed by atoms with Gasteiger partial charge in [0.25, 0.3) is 0 Å². The Kier molecular flexibility index (Phi) is 8.09. The van der Waals surface area contributed by atoms with Gasteiger partial charge in [0.2, 0.25) is 5.91 Å². The number of aromatic nitrogens is 3.